The fourth-order valence-corrected chi connectivity index (χ4v) is 1.69. The number of aromatic nitrogens is 1. The molecule has 1 heterocycles. The molecule has 1 aromatic carbocycles. The molecule has 0 fully saturated rings. The summed E-state index contributed by atoms with van der Waals surface area (Å²) >= 11 is 3.03. The quantitative estimate of drug-likeness (QED) is 0.793. The lowest BCUT2D eigenvalue weighted by Gasteiger charge is -2.08. The van der Waals surface area contributed by atoms with E-state index < -0.39 is 11.6 Å². The molecule has 0 aliphatic rings. The number of hydrogen-bond donors (Lipinski definition) is 0. The van der Waals surface area contributed by atoms with E-state index in [-0.39, 0.29) is 17.1 Å². The number of nitrogens with zero attached hydrogens (tertiary/aromatic N) is 2. The van der Waals surface area contributed by atoms with E-state index in [9.17, 15) is 8.78 Å². The average molecular weight is 311 g/mol. The maximum absolute atomic E-state index is 13.5. The van der Waals surface area contributed by atoms with E-state index in [2.05, 4.69) is 20.9 Å². The van der Waals surface area contributed by atoms with Gasteiger partial charge in [0, 0.05) is 10.7 Å². The van der Waals surface area contributed by atoms with Crippen LogP contribution in [0.25, 0.3) is 0 Å². The topological polar surface area (TPSA) is 45.9 Å². The van der Waals surface area contributed by atoms with Gasteiger partial charge in [0.25, 0.3) is 0 Å². The Morgan fingerprint density at radius 3 is 2.78 bits per heavy atom. The molecule has 6 heteroatoms. The van der Waals surface area contributed by atoms with Crippen LogP contribution in [0, 0.1) is 23.0 Å². The van der Waals surface area contributed by atoms with E-state index in [0.717, 1.165) is 6.07 Å². The van der Waals surface area contributed by atoms with Gasteiger partial charge in [0.15, 0.2) is 17.3 Å². The molecule has 1 aromatic heterocycles. The lowest BCUT2D eigenvalue weighted by Crippen LogP contribution is -1.94. The van der Waals surface area contributed by atoms with Gasteiger partial charge in [-0.2, -0.15) is 9.65 Å². The number of pyridine rings is 1. The third-order valence-corrected chi connectivity index (χ3v) is 2.54. The van der Waals surface area contributed by atoms with Crippen molar-refractivity contribution in [2.24, 2.45) is 0 Å². The second kappa shape index (κ2) is 5.10. The lowest BCUT2D eigenvalue weighted by molar-refractivity contribution is 0.413. The minimum atomic E-state index is -1.12. The van der Waals surface area contributed by atoms with Gasteiger partial charge >= 0.3 is 0 Å². The Labute approximate surface area is 110 Å². The minimum absolute atomic E-state index is 0.0661. The van der Waals surface area contributed by atoms with Crippen LogP contribution in [0.5, 0.6) is 11.5 Å². The van der Waals surface area contributed by atoms with E-state index in [1.165, 1.54) is 24.5 Å². The zero-order valence-corrected chi connectivity index (χ0v) is 10.4. The predicted molar refractivity (Wildman–Crippen MR) is 63.1 cm³/mol. The standard InChI is InChI=1S/C12H5BrF2N2O/c13-8-3-9(14)12(15)10(4-8)18-11-6-17-2-1-7(11)5-16/h1-4,6H. The van der Waals surface area contributed by atoms with Crippen molar-refractivity contribution in [3.63, 3.8) is 0 Å². The van der Waals surface area contributed by atoms with Crippen molar-refractivity contribution in [3.05, 3.63) is 52.3 Å². The summed E-state index contributed by atoms with van der Waals surface area (Å²) in [5.74, 6) is -2.41. The summed E-state index contributed by atoms with van der Waals surface area (Å²) in [5.41, 5.74) is 0.185. The maximum Gasteiger partial charge on any atom is 0.201 e. The van der Waals surface area contributed by atoms with Crippen LogP contribution in [-0.2, 0) is 0 Å². The Bertz CT molecular complexity index is 640. The second-order valence-corrected chi connectivity index (χ2v) is 4.20. The van der Waals surface area contributed by atoms with Gasteiger partial charge in [0.2, 0.25) is 5.82 Å². The first kappa shape index (κ1) is 12.5. The molecule has 90 valence electrons. The summed E-state index contributed by atoms with van der Waals surface area (Å²) in [6.45, 7) is 0. The van der Waals surface area contributed by atoms with E-state index in [0.29, 0.717) is 4.47 Å². The number of nitriles is 1. The predicted octanol–water partition coefficient (Wildman–Crippen LogP) is 3.79. The normalized spacial score (nSPS) is 9.89. The minimum Gasteiger partial charge on any atom is -0.451 e. The van der Waals surface area contributed by atoms with Gasteiger partial charge in [-0.1, -0.05) is 15.9 Å². The largest absolute Gasteiger partial charge is 0.451 e. The highest BCUT2D eigenvalue weighted by molar-refractivity contribution is 9.10. The van der Waals surface area contributed by atoms with Crippen LogP contribution in [-0.4, -0.2) is 4.98 Å². The molecule has 0 bridgehead atoms. The summed E-state index contributed by atoms with van der Waals surface area (Å²) in [6.07, 6.45) is 2.67. The number of halogens is 3. The zero-order chi connectivity index (χ0) is 13.1. The van der Waals surface area contributed by atoms with Crippen LogP contribution < -0.4 is 4.74 Å². The first-order valence-corrected chi connectivity index (χ1v) is 5.57. The Morgan fingerprint density at radius 1 is 1.28 bits per heavy atom. The van der Waals surface area contributed by atoms with Gasteiger partial charge in [-0.15, -0.1) is 0 Å². The molecular weight excluding hydrogens is 306 g/mol. The molecular formula is C12H5BrF2N2O. The first-order chi connectivity index (χ1) is 8.61. The highest BCUT2D eigenvalue weighted by Gasteiger charge is 2.13. The Morgan fingerprint density at radius 2 is 2.06 bits per heavy atom. The summed E-state index contributed by atoms with van der Waals surface area (Å²) in [4.78, 5) is 3.76. The molecule has 0 saturated heterocycles. The van der Waals surface area contributed by atoms with Crippen molar-refractivity contribution < 1.29 is 13.5 Å². The van der Waals surface area contributed by atoms with E-state index >= 15 is 0 Å². The van der Waals surface area contributed by atoms with Gasteiger partial charge in [-0.25, -0.2) is 4.39 Å². The first-order valence-electron chi connectivity index (χ1n) is 4.78. The second-order valence-electron chi connectivity index (χ2n) is 3.29. The van der Waals surface area contributed by atoms with Gasteiger partial charge in [-0.05, 0) is 18.2 Å². The van der Waals surface area contributed by atoms with Crippen LogP contribution >= 0.6 is 15.9 Å². The number of hydrogen-bond acceptors (Lipinski definition) is 3. The highest BCUT2D eigenvalue weighted by Crippen LogP contribution is 2.30. The van der Waals surface area contributed by atoms with Crippen LogP contribution in [0.4, 0.5) is 8.78 Å². The van der Waals surface area contributed by atoms with Gasteiger partial charge in [0.1, 0.15) is 6.07 Å². The SMILES string of the molecule is N#Cc1ccncc1Oc1cc(Br)cc(F)c1F. The van der Waals surface area contributed by atoms with E-state index in [4.69, 9.17) is 10.00 Å². The molecule has 3 nitrogen and oxygen atoms in total. The molecule has 0 unspecified atom stereocenters. The Hall–Kier alpha value is -2.00. The molecule has 2 rings (SSSR count). The van der Waals surface area contributed by atoms with Crippen molar-refractivity contribution >= 4 is 15.9 Å². The maximum atomic E-state index is 13.5. The molecule has 0 aliphatic heterocycles. The van der Waals surface area contributed by atoms with Gasteiger partial charge < -0.3 is 4.74 Å². The van der Waals surface area contributed by atoms with Crippen molar-refractivity contribution in [1.82, 2.24) is 4.98 Å². The van der Waals surface area contributed by atoms with Crippen molar-refractivity contribution in [3.8, 4) is 17.6 Å². The van der Waals surface area contributed by atoms with Crippen molar-refractivity contribution in [2.75, 3.05) is 0 Å². The van der Waals surface area contributed by atoms with E-state index in [1.54, 1.807) is 0 Å². The number of benzene rings is 1. The fraction of sp³-hybridized carbons (Fsp3) is 0. The third-order valence-electron chi connectivity index (χ3n) is 2.08. The zero-order valence-electron chi connectivity index (χ0n) is 8.82. The smallest absolute Gasteiger partial charge is 0.201 e. The van der Waals surface area contributed by atoms with E-state index in [1.807, 2.05) is 6.07 Å². The lowest BCUT2D eigenvalue weighted by atomic mass is 10.2. The van der Waals surface area contributed by atoms with Crippen LogP contribution in [0.2, 0.25) is 0 Å². The summed E-state index contributed by atoms with van der Waals surface area (Å²) < 4.78 is 32.1. The molecule has 0 amide bonds. The molecule has 18 heavy (non-hydrogen) atoms. The summed E-state index contributed by atoms with van der Waals surface area (Å²) in [5, 5.41) is 8.84. The molecule has 0 atom stereocenters. The number of rotatable bonds is 2. The highest BCUT2D eigenvalue weighted by atomic mass is 79.9. The monoisotopic (exact) mass is 310 g/mol. The van der Waals surface area contributed by atoms with Gasteiger partial charge in [-0.3, -0.25) is 4.98 Å². The van der Waals surface area contributed by atoms with Crippen LogP contribution in [0.15, 0.2) is 35.1 Å². The number of ether oxygens (including phenoxy) is 1. The molecule has 0 radical (unpaired) electrons. The Kier molecular flexibility index (Phi) is 3.53. The van der Waals surface area contributed by atoms with Crippen molar-refractivity contribution in [2.45, 2.75) is 0 Å². The summed E-state index contributed by atoms with van der Waals surface area (Å²) in [7, 11) is 0. The molecule has 0 spiro atoms. The molecule has 0 aliphatic carbocycles. The van der Waals surface area contributed by atoms with Crippen molar-refractivity contribution in [1.29, 1.82) is 5.26 Å². The third kappa shape index (κ3) is 2.46. The molecule has 2 aromatic rings. The molecule has 0 N–H and O–H groups in total. The molecule has 0 saturated carbocycles. The van der Waals surface area contributed by atoms with Crippen LogP contribution in [0.1, 0.15) is 5.56 Å². The average Bonchev–Trinajstić information content (AvgIpc) is 2.36. The Balaban J connectivity index is 2.44. The van der Waals surface area contributed by atoms with Gasteiger partial charge in [0.05, 0.1) is 11.8 Å². The summed E-state index contributed by atoms with van der Waals surface area (Å²) in [6, 6.07) is 5.54. The fourth-order valence-electron chi connectivity index (χ4n) is 1.28. The van der Waals surface area contributed by atoms with Crippen LogP contribution in [0.3, 0.4) is 0 Å².